The number of hydrogen-bond donors (Lipinski definition) is 5. The molecule has 12 heteroatoms. The van der Waals surface area contributed by atoms with Crippen molar-refractivity contribution < 1.29 is 39.6 Å². The van der Waals surface area contributed by atoms with Crippen molar-refractivity contribution in [1.29, 1.82) is 0 Å². The normalized spacial score (nSPS) is 9.73. The van der Waals surface area contributed by atoms with E-state index in [-0.39, 0.29) is 48.8 Å². The van der Waals surface area contributed by atoms with E-state index in [4.69, 9.17) is 20.4 Å². The van der Waals surface area contributed by atoms with Crippen LogP contribution in [0.25, 0.3) is 0 Å². The minimum atomic E-state index is -1.23. The number of carboxylic acids is 4. The van der Waals surface area contributed by atoms with Gasteiger partial charge in [-0.05, 0) is 0 Å². The fourth-order valence-electron chi connectivity index (χ4n) is 1.48. The third kappa shape index (κ3) is 15.2. The van der Waals surface area contributed by atoms with Crippen LogP contribution in [0, 0.1) is 0 Å². The molecule has 0 unspecified atom stereocenters. The molecule has 0 rings (SSSR count). The molecule has 0 saturated heterocycles. The Labute approximate surface area is 148 Å². The van der Waals surface area contributed by atoms with Gasteiger partial charge in [-0.15, -0.1) is 0 Å². The number of hydrogen-bond acceptors (Lipinski definition) is 7. The Hall–Kier alpha value is -1.24. The van der Waals surface area contributed by atoms with Crippen LogP contribution in [0.4, 0.5) is 0 Å². The Morgan fingerprint density at radius 3 is 0.909 bits per heavy atom. The molecule has 0 aromatic carbocycles. The molecular formula is C10H20N3NaO8. The summed E-state index contributed by atoms with van der Waals surface area (Å²) in [6.07, 6.45) is 0. The summed E-state index contributed by atoms with van der Waals surface area (Å²) in [5.74, 6) is -4.91. The monoisotopic (exact) mass is 333 g/mol. The van der Waals surface area contributed by atoms with Crippen molar-refractivity contribution in [3.63, 3.8) is 0 Å². The van der Waals surface area contributed by atoms with E-state index in [1.54, 1.807) is 0 Å². The maximum atomic E-state index is 10.6. The molecule has 7 N–H and O–H groups in total. The molecule has 0 fully saturated rings. The molecule has 0 atom stereocenters. The second-order valence-corrected chi connectivity index (χ2v) is 4.00. The number of aliphatic carboxylic acids is 4. The molecule has 0 aliphatic carbocycles. The number of rotatable bonds is 11. The van der Waals surface area contributed by atoms with Crippen molar-refractivity contribution in [3.05, 3.63) is 0 Å². The van der Waals surface area contributed by atoms with Gasteiger partial charge in [0, 0.05) is 13.1 Å². The van der Waals surface area contributed by atoms with Crippen molar-refractivity contribution in [1.82, 2.24) is 16.0 Å². The molecule has 0 amide bonds. The Morgan fingerprint density at radius 1 is 0.591 bits per heavy atom. The quantitative estimate of drug-likeness (QED) is 0.250. The number of nitrogens with zero attached hydrogens (tertiary/aromatic N) is 2. The first-order valence-corrected chi connectivity index (χ1v) is 5.52. The van der Waals surface area contributed by atoms with E-state index >= 15 is 0 Å². The third-order valence-corrected chi connectivity index (χ3v) is 2.17. The van der Waals surface area contributed by atoms with Crippen LogP contribution >= 0.6 is 0 Å². The van der Waals surface area contributed by atoms with Crippen molar-refractivity contribution in [3.8, 4) is 0 Å². The van der Waals surface area contributed by atoms with E-state index in [9.17, 15) is 19.2 Å². The topological polar surface area (TPSA) is 191 Å². The van der Waals surface area contributed by atoms with Gasteiger partial charge in [0.25, 0.3) is 0 Å². The SMILES string of the molecule is N.O=C(O)CN(CCN(CC(=O)O)CC(=O)O)CC(=O)O.[NaH]. The van der Waals surface area contributed by atoms with Crippen LogP contribution in [0.1, 0.15) is 0 Å². The van der Waals surface area contributed by atoms with E-state index in [0.717, 1.165) is 9.80 Å². The van der Waals surface area contributed by atoms with Gasteiger partial charge < -0.3 is 26.6 Å². The third-order valence-electron chi connectivity index (χ3n) is 2.17. The van der Waals surface area contributed by atoms with Crippen LogP contribution in [0.2, 0.25) is 0 Å². The van der Waals surface area contributed by atoms with Crippen LogP contribution in [-0.4, -0.2) is 123 Å². The molecule has 0 bridgehead atoms. The zero-order valence-corrected chi connectivity index (χ0v) is 11.3. The summed E-state index contributed by atoms with van der Waals surface area (Å²) >= 11 is 0. The Bertz CT molecular complexity index is 324. The average molecular weight is 333 g/mol. The summed E-state index contributed by atoms with van der Waals surface area (Å²) in [5, 5.41) is 34.5. The van der Waals surface area contributed by atoms with E-state index in [0.29, 0.717) is 0 Å². The van der Waals surface area contributed by atoms with Gasteiger partial charge >= 0.3 is 53.4 Å². The predicted octanol–water partition coefficient (Wildman–Crippen LogP) is -2.56. The van der Waals surface area contributed by atoms with E-state index in [2.05, 4.69) is 0 Å². The molecule has 0 aromatic rings. The summed E-state index contributed by atoms with van der Waals surface area (Å²) in [4.78, 5) is 44.4. The van der Waals surface area contributed by atoms with Gasteiger partial charge in [-0.25, -0.2) is 0 Å². The van der Waals surface area contributed by atoms with Gasteiger partial charge in [0.1, 0.15) is 0 Å². The summed E-state index contributed by atoms with van der Waals surface area (Å²) < 4.78 is 0. The number of carboxylic acid groups (broad SMARTS) is 4. The minimum absolute atomic E-state index is 0. The van der Waals surface area contributed by atoms with Crippen molar-refractivity contribution in [2.75, 3.05) is 39.3 Å². The fraction of sp³-hybridized carbons (Fsp3) is 0.600. The molecule has 22 heavy (non-hydrogen) atoms. The van der Waals surface area contributed by atoms with Crippen LogP contribution in [0.5, 0.6) is 0 Å². The standard InChI is InChI=1S/C10H16N2O8.H3N.Na.H/c13-7(14)3-11(4-8(15)16)1-2-12(5-9(17)18)6-10(19)20;;;/h1-6H2,(H,13,14)(H,15,16)(H,17,18)(H,19,20);1H3;;. The second kappa shape index (κ2) is 13.4. The zero-order chi connectivity index (χ0) is 15.7. The predicted molar refractivity (Wildman–Crippen MR) is 75.6 cm³/mol. The summed E-state index contributed by atoms with van der Waals surface area (Å²) in [7, 11) is 0. The van der Waals surface area contributed by atoms with E-state index in [1.165, 1.54) is 0 Å². The van der Waals surface area contributed by atoms with Crippen LogP contribution < -0.4 is 6.15 Å². The van der Waals surface area contributed by atoms with E-state index < -0.39 is 50.1 Å². The molecular weight excluding hydrogens is 313 g/mol. The first-order valence-electron chi connectivity index (χ1n) is 5.52. The molecule has 0 heterocycles. The Kier molecular flexibility index (Phi) is 15.7. The van der Waals surface area contributed by atoms with Crippen LogP contribution in [0.15, 0.2) is 0 Å². The van der Waals surface area contributed by atoms with Gasteiger partial charge in [-0.2, -0.15) is 0 Å². The zero-order valence-electron chi connectivity index (χ0n) is 11.3. The fourth-order valence-corrected chi connectivity index (χ4v) is 1.48. The summed E-state index contributed by atoms with van der Waals surface area (Å²) in [6.45, 7) is -2.25. The molecule has 0 spiro atoms. The molecule has 0 aliphatic heterocycles. The summed E-state index contributed by atoms with van der Waals surface area (Å²) in [6, 6.07) is 0. The van der Waals surface area contributed by atoms with Crippen LogP contribution in [-0.2, 0) is 19.2 Å². The molecule has 124 valence electrons. The van der Waals surface area contributed by atoms with E-state index in [1.807, 2.05) is 0 Å². The van der Waals surface area contributed by atoms with Crippen LogP contribution in [0.3, 0.4) is 0 Å². The molecule has 0 aliphatic rings. The maximum absolute atomic E-state index is 10.6. The van der Waals surface area contributed by atoms with Gasteiger partial charge in [0.2, 0.25) is 0 Å². The van der Waals surface area contributed by atoms with Crippen molar-refractivity contribution in [2.24, 2.45) is 0 Å². The molecule has 0 saturated carbocycles. The van der Waals surface area contributed by atoms with Crippen molar-refractivity contribution in [2.45, 2.75) is 0 Å². The van der Waals surface area contributed by atoms with Gasteiger partial charge in [0.15, 0.2) is 0 Å². The Balaban J connectivity index is -0.00000180. The molecule has 0 radical (unpaired) electrons. The van der Waals surface area contributed by atoms with Gasteiger partial charge in [-0.1, -0.05) is 0 Å². The van der Waals surface area contributed by atoms with Gasteiger partial charge in [0.05, 0.1) is 26.2 Å². The van der Waals surface area contributed by atoms with Crippen molar-refractivity contribution >= 4 is 53.4 Å². The summed E-state index contributed by atoms with van der Waals surface area (Å²) in [5.41, 5.74) is 0. The average Bonchev–Trinajstić information content (AvgIpc) is 2.22. The Morgan fingerprint density at radius 2 is 0.773 bits per heavy atom. The number of carbonyl (C=O) groups is 4. The first-order chi connectivity index (χ1) is 9.20. The second-order valence-electron chi connectivity index (χ2n) is 4.00. The molecule has 11 nitrogen and oxygen atoms in total. The molecule has 0 aromatic heterocycles. The first kappa shape index (κ1) is 25.7. The van der Waals surface area contributed by atoms with Gasteiger partial charge in [-0.3, -0.25) is 29.0 Å².